The molecule has 2 heterocycles. The number of piperazine rings is 1. The number of phenols is 1. The van der Waals surface area contributed by atoms with Crippen LogP contribution in [-0.2, 0) is 4.79 Å². The highest BCUT2D eigenvalue weighted by molar-refractivity contribution is 6.02. The van der Waals surface area contributed by atoms with Crippen LogP contribution in [-0.4, -0.2) is 70.8 Å². The highest BCUT2D eigenvalue weighted by Gasteiger charge is 2.34. The highest BCUT2D eigenvalue weighted by atomic mass is 19.1. The number of para-hydroxylation sites is 1. The Hall–Kier alpha value is -3.09. The van der Waals surface area contributed by atoms with Gasteiger partial charge < -0.3 is 19.8 Å². The summed E-state index contributed by atoms with van der Waals surface area (Å²) in [5.74, 6) is 1.36. The molecule has 1 aromatic carbocycles. The summed E-state index contributed by atoms with van der Waals surface area (Å²) in [6, 6.07) is 6.92. The van der Waals surface area contributed by atoms with Gasteiger partial charge in [0.15, 0.2) is 0 Å². The topological polar surface area (TPSA) is 59.4 Å². The van der Waals surface area contributed by atoms with Gasteiger partial charge >= 0.3 is 0 Å². The van der Waals surface area contributed by atoms with Crippen LogP contribution < -0.4 is 0 Å². The molecule has 7 heteroatoms. The molecule has 0 aromatic heterocycles. The predicted molar refractivity (Wildman–Crippen MR) is 124 cm³/mol. The quantitative estimate of drug-likeness (QED) is 0.782. The lowest BCUT2D eigenvalue weighted by Crippen LogP contribution is -2.50. The molecule has 0 bridgehead atoms. The molecule has 1 aromatic rings. The van der Waals surface area contributed by atoms with Gasteiger partial charge in [-0.1, -0.05) is 39.0 Å². The lowest BCUT2D eigenvalue weighted by molar-refractivity contribution is -0.134. The minimum absolute atomic E-state index is 0.0480. The van der Waals surface area contributed by atoms with E-state index in [2.05, 4.69) is 25.7 Å². The maximum absolute atomic E-state index is 14.2. The number of carbonyl (C=O) groups excluding carboxylic acids is 1. The van der Waals surface area contributed by atoms with Crippen molar-refractivity contribution in [1.82, 2.24) is 14.7 Å². The van der Waals surface area contributed by atoms with Gasteiger partial charge in [-0.15, -0.1) is 0 Å². The molecule has 1 aliphatic carbocycles. The maximum atomic E-state index is 14.2. The zero-order valence-electron chi connectivity index (χ0n) is 19.2. The molecule has 3 aliphatic rings. The van der Waals surface area contributed by atoms with E-state index in [9.17, 15) is 14.3 Å². The summed E-state index contributed by atoms with van der Waals surface area (Å²) in [6.45, 7) is 8.67. The maximum Gasteiger partial charge on any atom is 0.223 e. The first kappa shape index (κ1) is 22.1. The first-order chi connectivity index (χ1) is 15.1. The zero-order chi connectivity index (χ0) is 23.0. The lowest BCUT2D eigenvalue weighted by atomic mass is 9.91. The summed E-state index contributed by atoms with van der Waals surface area (Å²) in [7, 11) is 1.90. The molecule has 0 saturated carbocycles. The fourth-order valence-electron chi connectivity index (χ4n) is 4.38. The number of amidine groups is 1. The van der Waals surface area contributed by atoms with Gasteiger partial charge in [0.25, 0.3) is 0 Å². The van der Waals surface area contributed by atoms with E-state index in [0.717, 1.165) is 5.57 Å². The van der Waals surface area contributed by atoms with Crippen LogP contribution in [0.2, 0.25) is 0 Å². The minimum atomic E-state index is -0.303. The van der Waals surface area contributed by atoms with Crippen LogP contribution in [0.25, 0.3) is 0 Å². The third kappa shape index (κ3) is 4.42. The van der Waals surface area contributed by atoms with Gasteiger partial charge in [-0.05, 0) is 29.7 Å². The number of aliphatic imine (C=N–C) groups is 1. The summed E-state index contributed by atoms with van der Waals surface area (Å²) < 4.78 is 14.2. The lowest BCUT2D eigenvalue weighted by Gasteiger charge is -2.42. The second-order valence-corrected chi connectivity index (χ2v) is 9.78. The largest absolute Gasteiger partial charge is 0.507 e. The molecule has 1 unspecified atom stereocenters. The molecule has 1 fully saturated rings. The second-order valence-electron chi connectivity index (χ2n) is 9.78. The molecule has 1 saturated heterocycles. The van der Waals surface area contributed by atoms with Gasteiger partial charge in [0.2, 0.25) is 5.91 Å². The molecule has 1 atom stereocenters. The normalized spacial score (nSPS) is 21.4. The number of hydrogen-bond donors (Lipinski definition) is 1. The fourth-order valence-corrected chi connectivity index (χ4v) is 4.38. The number of halogens is 1. The van der Waals surface area contributed by atoms with E-state index in [1.807, 2.05) is 35.1 Å². The van der Waals surface area contributed by atoms with Crippen molar-refractivity contribution in [3.63, 3.8) is 0 Å². The molecular formula is C25H31FN4O2. The molecule has 170 valence electrons. The van der Waals surface area contributed by atoms with Crippen LogP contribution in [0.15, 0.2) is 64.7 Å². The summed E-state index contributed by atoms with van der Waals surface area (Å²) >= 11 is 0. The predicted octanol–water partition coefficient (Wildman–Crippen LogP) is 3.67. The number of benzene rings is 1. The van der Waals surface area contributed by atoms with Crippen molar-refractivity contribution in [2.75, 3.05) is 33.2 Å². The fraction of sp³-hybridized carbons (Fsp3) is 0.440. The SMILES string of the molecule is CN1C(c2ccccc2O)=NC(N2CCN(C(=O)CC(C)(C)C)CC2)=C2C=C(F)C=CC21. The van der Waals surface area contributed by atoms with E-state index < -0.39 is 0 Å². The standard InChI is InChI=1S/C25H31FN4O2/c1-25(2,3)16-22(32)29-11-13-30(14-12-29)24-19-15-17(26)9-10-20(19)28(4)23(27-24)18-7-5-6-8-21(18)31/h5-10,15,20,31H,11-14,16H2,1-4H3. The van der Waals surface area contributed by atoms with E-state index in [1.54, 1.807) is 18.2 Å². The Morgan fingerprint density at radius 1 is 1.19 bits per heavy atom. The second kappa shape index (κ2) is 8.45. The first-order valence-electron chi connectivity index (χ1n) is 11.1. The number of likely N-dealkylation sites (N-methyl/N-ethyl adjacent to an activating group) is 1. The van der Waals surface area contributed by atoms with Gasteiger partial charge in [-0.3, -0.25) is 4.79 Å². The Labute approximate surface area is 189 Å². The van der Waals surface area contributed by atoms with Crippen LogP contribution in [0, 0.1) is 5.41 Å². The smallest absolute Gasteiger partial charge is 0.223 e. The third-order valence-corrected chi connectivity index (χ3v) is 6.03. The number of phenolic OH excluding ortho intramolecular Hbond substituents is 1. The number of aromatic hydroxyl groups is 1. The van der Waals surface area contributed by atoms with Crippen molar-refractivity contribution in [2.45, 2.75) is 33.2 Å². The summed E-state index contributed by atoms with van der Waals surface area (Å²) in [5.41, 5.74) is 1.38. The molecule has 0 radical (unpaired) electrons. The first-order valence-corrected chi connectivity index (χ1v) is 11.1. The average Bonchev–Trinajstić information content (AvgIpc) is 2.74. The summed E-state index contributed by atoms with van der Waals surface area (Å²) in [6.07, 6.45) is 5.35. The van der Waals surface area contributed by atoms with Crippen LogP contribution >= 0.6 is 0 Å². The molecule has 32 heavy (non-hydrogen) atoms. The number of carbonyl (C=O) groups is 1. The van der Waals surface area contributed by atoms with E-state index in [1.165, 1.54) is 6.08 Å². The molecule has 1 amide bonds. The zero-order valence-corrected chi connectivity index (χ0v) is 19.2. The van der Waals surface area contributed by atoms with Crippen LogP contribution in [0.3, 0.4) is 0 Å². The minimum Gasteiger partial charge on any atom is -0.507 e. The summed E-state index contributed by atoms with van der Waals surface area (Å²) in [4.78, 5) is 23.5. The number of allylic oxidation sites excluding steroid dienone is 2. The molecule has 1 N–H and O–H groups in total. The Balaban J connectivity index is 1.64. The monoisotopic (exact) mass is 438 g/mol. The Morgan fingerprint density at radius 3 is 2.53 bits per heavy atom. The number of amides is 1. The van der Waals surface area contributed by atoms with E-state index in [-0.39, 0.29) is 28.9 Å². The molecular weight excluding hydrogens is 407 g/mol. The molecule has 0 spiro atoms. The van der Waals surface area contributed by atoms with Crippen molar-refractivity contribution in [3.8, 4) is 5.75 Å². The van der Waals surface area contributed by atoms with E-state index in [4.69, 9.17) is 4.99 Å². The number of rotatable bonds is 3. The average molecular weight is 439 g/mol. The molecule has 4 rings (SSSR count). The number of nitrogens with zero attached hydrogens (tertiary/aromatic N) is 4. The van der Waals surface area contributed by atoms with Crippen molar-refractivity contribution in [2.24, 2.45) is 10.4 Å². The van der Waals surface area contributed by atoms with E-state index >= 15 is 0 Å². The summed E-state index contributed by atoms with van der Waals surface area (Å²) in [5, 5.41) is 10.4. The molecule has 6 nitrogen and oxygen atoms in total. The van der Waals surface area contributed by atoms with Crippen LogP contribution in [0.1, 0.15) is 32.8 Å². The Morgan fingerprint density at radius 2 is 1.88 bits per heavy atom. The number of hydrogen-bond acceptors (Lipinski definition) is 5. The van der Waals surface area contributed by atoms with Gasteiger partial charge in [0, 0.05) is 45.2 Å². The van der Waals surface area contributed by atoms with Crippen LogP contribution in [0.4, 0.5) is 4.39 Å². The number of fused-ring (bicyclic) bond motifs is 1. The third-order valence-electron chi connectivity index (χ3n) is 6.03. The van der Waals surface area contributed by atoms with Gasteiger partial charge in [0.05, 0.1) is 11.6 Å². The Bertz CT molecular complexity index is 1030. The van der Waals surface area contributed by atoms with Gasteiger partial charge in [-0.2, -0.15) is 0 Å². The van der Waals surface area contributed by atoms with Crippen molar-refractivity contribution in [3.05, 3.63) is 65.3 Å². The van der Waals surface area contributed by atoms with Crippen LogP contribution in [0.5, 0.6) is 5.75 Å². The van der Waals surface area contributed by atoms with Gasteiger partial charge in [0.1, 0.15) is 23.2 Å². The van der Waals surface area contributed by atoms with Crippen molar-refractivity contribution >= 4 is 11.7 Å². The Kier molecular flexibility index (Phi) is 5.84. The van der Waals surface area contributed by atoms with Crippen molar-refractivity contribution < 1.29 is 14.3 Å². The molecule has 2 aliphatic heterocycles. The van der Waals surface area contributed by atoms with Crippen molar-refractivity contribution in [1.29, 1.82) is 0 Å². The van der Waals surface area contributed by atoms with Gasteiger partial charge in [-0.25, -0.2) is 9.38 Å². The van der Waals surface area contributed by atoms with E-state index in [0.29, 0.717) is 49.8 Å². The highest BCUT2D eigenvalue weighted by Crippen LogP contribution is 2.34.